The second-order valence-electron chi connectivity index (χ2n) is 4.78. The number of nitrogens with two attached hydrogens (primary N) is 1. The summed E-state index contributed by atoms with van der Waals surface area (Å²) < 4.78 is 0. The lowest BCUT2D eigenvalue weighted by Crippen LogP contribution is -2.17. The van der Waals surface area contributed by atoms with E-state index in [1.54, 1.807) is 18.6 Å². The summed E-state index contributed by atoms with van der Waals surface area (Å²) in [5.74, 6) is 0. The van der Waals surface area contributed by atoms with Gasteiger partial charge in [-0.25, -0.2) is 0 Å². The molecule has 4 heteroatoms. The summed E-state index contributed by atoms with van der Waals surface area (Å²) in [6.45, 7) is 0.790. The van der Waals surface area contributed by atoms with Gasteiger partial charge in [-0.1, -0.05) is 0 Å². The molecule has 0 aliphatic rings. The van der Waals surface area contributed by atoms with Crippen LogP contribution in [0.2, 0.25) is 0 Å². The van der Waals surface area contributed by atoms with Crippen molar-refractivity contribution in [1.82, 2.24) is 9.97 Å². The van der Waals surface area contributed by atoms with Crippen LogP contribution in [0, 0.1) is 0 Å². The highest BCUT2D eigenvalue weighted by molar-refractivity contribution is 5.97. The zero-order valence-electron chi connectivity index (χ0n) is 11.3. The lowest BCUT2D eigenvalue weighted by Gasteiger charge is -2.22. The van der Waals surface area contributed by atoms with Crippen molar-refractivity contribution in [3.63, 3.8) is 0 Å². The van der Waals surface area contributed by atoms with Gasteiger partial charge in [0.2, 0.25) is 0 Å². The van der Waals surface area contributed by atoms with Gasteiger partial charge in [-0.05, 0) is 42.0 Å². The summed E-state index contributed by atoms with van der Waals surface area (Å²) in [4.78, 5) is 10.5. The minimum Gasteiger partial charge on any atom is -0.396 e. The molecule has 0 aliphatic heterocycles. The van der Waals surface area contributed by atoms with E-state index in [2.05, 4.69) is 14.9 Å². The average molecular weight is 264 g/mol. The van der Waals surface area contributed by atoms with E-state index >= 15 is 0 Å². The normalized spacial score (nSPS) is 10.7. The van der Waals surface area contributed by atoms with Gasteiger partial charge < -0.3 is 10.6 Å². The van der Waals surface area contributed by atoms with E-state index in [0.717, 1.165) is 28.8 Å². The van der Waals surface area contributed by atoms with Gasteiger partial charge in [0.15, 0.2) is 0 Å². The van der Waals surface area contributed by atoms with Crippen molar-refractivity contribution in [2.45, 2.75) is 6.54 Å². The van der Waals surface area contributed by atoms with Crippen LogP contribution in [0.15, 0.2) is 55.0 Å². The van der Waals surface area contributed by atoms with Gasteiger partial charge in [-0.2, -0.15) is 0 Å². The number of aromatic nitrogens is 2. The lowest BCUT2D eigenvalue weighted by atomic mass is 10.1. The van der Waals surface area contributed by atoms with Crippen LogP contribution in [-0.4, -0.2) is 17.0 Å². The molecule has 0 amide bonds. The van der Waals surface area contributed by atoms with Gasteiger partial charge in [0.1, 0.15) is 0 Å². The van der Waals surface area contributed by atoms with Crippen LogP contribution in [0.5, 0.6) is 0 Å². The molecule has 0 saturated heterocycles. The van der Waals surface area contributed by atoms with Crippen LogP contribution in [-0.2, 0) is 6.54 Å². The second kappa shape index (κ2) is 5.17. The number of pyridine rings is 2. The average Bonchev–Trinajstić information content (AvgIpc) is 2.49. The molecule has 0 spiro atoms. The predicted octanol–water partition coefficient (Wildman–Crippen LogP) is 2.85. The zero-order valence-corrected chi connectivity index (χ0v) is 11.3. The Morgan fingerprint density at radius 1 is 1.05 bits per heavy atom. The molecule has 20 heavy (non-hydrogen) atoms. The fourth-order valence-electron chi connectivity index (χ4n) is 2.34. The molecule has 1 aromatic carbocycles. The van der Waals surface area contributed by atoms with Crippen molar-refractivity contribution in [3.8, 4) is 0 Å². The highest BCUT2D eigenvalue weighted by Gasteiger charge is 2.09. The smallest absolute Gasteiger partial charge is 0.0724 e. The maximum Gasteiger partial charge on any atom is 0.0724 e. The third kappa shape index (κ3) is 2.28. The van der Waals surface area contributed by atoms with Crippen LogP contribution in [0.25, 0.3) is 10.9 Å². The van der Waals surface area contributed by atoms with Crippen LogP contribution in [0.4, 0.5) is 11.4 Å². The standard InChI is InChI=1S/C16H16N4/c1-20(11-12-6-9-18-10-7-12)15-5-4-14-13(16(15)17)3-2-8-19-14/h2-10H,11,17H2,1H3. The molecule has 3 aromatic rings. The number of nitrogen functional groups attached to an aromatic ring is 1. The molecule has 2 heterocycles. The topological polar surface area (TPSA) is 55.0 Å². The van der Waals surface area contributed by atoms with Crippen molar-refractivity contribution in [3.05, 3.63) is 60.6 Å². The Balaban J connectivity index is 1.95. The fraction of sp³-hybridized carbons (Fsp3) is 0.125. The van der Waals surface area contributed by atoms with Gasteiger partial charge in [0.25, 0.3) is 0 Å². The molecule has 4 nitrogen and oxygen atoms in total. The molecule has 3 rings (SSSR count). The number of anilines is 2. The highest BCUT2D eigenvalue weighted by Crippen LogP contribution is 2.30. The van der Waals surface area contributed by atoms with Crippen molar-refractivity contribution in [2.24, 2.45) is 0 Å². The van der Waals surface area contributed by atoms with Gasteiger partial charge >= 0.3 is 0 Å². The van der Waals surface area contributed by atoms with Gasteiger partial charge in [0, 0.05) is 37.6 Å². The van der Waals surface area contributed by atoms with E-state index in [4.69, 9.17) is 5.73 Å². The Bertz CT molecular complexity index is 725. The first-order chi connectivity index (χ1) is 9.75. The first-order valence-electron chi connectivity index (χ1n) is 6.49. The summed E-state index contributed by atoms with van der Waals surface area (Å²) >= 11 is 0. The minimum atomic E-state index is 0.771. The molecule has 2 N–H and O–H groups in total. The molecule has 0 fully saturated rings. The molecule has 0 bridgehead atoms. The third-order valence-electron chi connectivity index (χ3n) is 3.38. The highest BCUT2D eigenvalue weighted by atomic mass is 15.1. The number of hydrogen-bond acceptors (Lipinski definition) is 4. The molecule has 0 atom stereocenters. The van der Waals surface area contributed by atoms with Crippen molar-refractivity contribution >= 4 is 22.3 Å². The minimum absolute atomic E-state index is 0.771. The largest absolute Gasteiger partial charge is 0.396 e. The number of nitrogens with zero attached hydrogens (tertiary/aromatic N) is 3. The van der Waals surface area contributed by atoms with E-state index in [9.17, 15) is 0 Å². The molecule has 0 aliphatic carbocycles. The van der Waals surface area contributed by atoms with E-state index in [0.29, 0.717) is 0 Å². The van der Waals surface area contributed by atoms with E-state index < -0.39 is 0 Å². The third-order valence-corrected chi connectivity index (χ3v) is 3.38. The number of hydrogen-bond donors (Lipinski definition) is 1. The van der Waals surface area contributed by atoms with Crippen LogP contribution in [0.3, 0.4) is 0 Å². The first kappa shape index (κ1) is 12.4. The van der Waals surface area contributed by atoms with Crippen molar-refractivity contribution < 1.29 is 0 Å². The van der Waals surface area contributed by atoms with Crippen LogP contribution >= 0.6 is 0 Å². The van der Waals surface area contributed by atoms with Gasteiger partial charge in [0.05, 0.1) is 16.9 Å². The first-order valence-corrected chi connectivity index (χ1v) is 6.49. The van der Waals surface area contributed by atoms with E-state index in [1.165, 1.54) is 5.56 Å². The maximum atomic E-state index is 6.28. The SMILES string of the molecule is CN(Cc1ccncc1)c1ccc2ncccc2c1N. The van der Waals surface area contributed by atoms with Crippen molar-refractivity contribution in [2.75, 3.05) is 17.7 Å². The Kier molecular flexibility index (Phi) is 3.21. The second-order valence-corrected chi connectivity index (χ2v) is 4.78. The number of rotatable bonds is 3. The van der Waals surface area contributed by atoms with Gasteiger partial charge in [-0.15, -0.1) is 0 Å². The summed E-state index contributed by atoms with van der Waals surface area (Å²) in [6, 6.07) is 12.0. The summed E-state index contributed by atoms with van der Waals surface area (Å²) in [6.07, 6.45) is 5.38. The molecule has 2 aromatic heterocycles. The molecular weight excluding hydrogens is 248 g/mol. The lowest BCUT2D eigenvalue weighted by molar-refractivity contribution is 0.922. The predicted molar refractivity (Wildman–Crippen MR) is 82.5 cm³/mol. The summed E-state index contributed by atoms with van der Waals surface area (Å²) in [5.41, 5.74) is 10.2. The number of fused-ring (bicyclic) bond motifs is 1. The molecule has 100 valence electrons. The van der Waals surface area contributed by atoms with Crippen LogP contribution in [0.1, 0.15) is 5.56 Å². The molecule has 0 unspecified atom stereocenters. The molecular formula is C16H16N4. The maximum absolute atomic E-state index is 6.28. The summed E-state index contributed by atoms with van der Waals surface area (Å²) in [7, 11) is 2.04. The van der Waals surface area contributed by atoms with Crippen LogP contribution < -0.4 is 10.6 Å². The quantitative estimate of drug-likeness (QED) is 0.739. The monoisotopic (exact) mass is 264 g/mol. The van der Waals surface area contributed by atoms with Gasteiger partial charge in [-0.3, -0.25) is 9.97 Å². The van der Waals surface area contributed by atoms with E-state index in [1.807, 2.05) is 43.4 Å². The Morgan fingerprint density at radius 2 is 1.85 bits per heavy atom. The fourth-order valence-corrected chi connectivity index (χ4v) is 2.34. The Morgan fingerprint density at radius 3 is 2.65 bits per heavy atom. The number of benzene rings is 1. The Labute approximate surface area is 117 Å². The van der Waals surface area contributed by atoms with E-state index in [-0.39, 0.29) is 0 Å². The molecule has 0 saturated carbocycles. The zero-order chi connectivity index (χ0) is 13.9. The summed E-state index contributed by atoms with van der Waals surface area (Å²) in [5, 5.41) is 0.992. The Hall–Kier alpha value is -2.62. The van der Waals surface area contributed by atoms with Crippen molar-refractivity contribution in [1.29, 1.82) is 0 Å². The molecule has 0 radical (unpaired) electrons.